The van der Waals surface area contributed by atoms with Gasteiger partial charge in [0.15, 0.2) is 11.5 Å². The van der Waals surface area contributed by atoms with E-state index in [2.05, 4.69) is 22.1 Å². The largest absolute Gasteiger partial charge is 0.493 e. The van der Waals surface area contributed by atoms with E-state index < -0.39 is 0 Å². The predicted molar refractivity (Wildman–Crippen MR) is 110 cm³/mol. The molecular weight excluding hydrogens is 372 g/mol. The van der Waals surface area contributed by atoms with Gasteiger partial charge < -0.3 is 24.0 Å². The first-order chi connectivity index (χ1) is 14.0. The number of nitrogens with zero attached hydrogens (tertiary/aromatic N) is 3. The molecule has 0 aliphatic carbocycles. The van der Waals surface area contributed by atoms with Crippen LogP contribution in [0.5, 0.6) is 17.2 Å². The fourth-order valence-electron chi connectivity index (χ4n) is 3.98. The molecule has 29 heavy (non-hydrogen) atoms. The number of ether oxygens (including phenoxy) is 3. The van der Waals surface area contributed by atoms with Crippen molar-refractivity contribution in [1.29, 1.82) is 0 Å². The lowest BCUT2D eigenvalue weighted by Gasteiger charge is -2.21. The number of methoxy groups -OCH3 is 3. The Balaban J connectivity index is 1.77. The van der Waals surface area contributed by atoms with Crippen molar-refractivity contribution in [3.63, 3.8) is 0 Å². The number of rotatable bonds is 9. The summed E-state index contributed by atoms with van der Waals surface area (Å²) in [5, 5.41) is 7.34. The third-order valence-corrected chi connectivity index (χ3v) is 5.36. The number of H-pyrrole nitrogens is 1. The molecule has 1 fully saturated rings. The SMILES string of the molecule is CCN1CC(CN(C)Cc2cn[nH]c2-c2cc(OC)c(OC)c(OC)c2)CC1=O. The van der Waals surface area contributed by atoms with Crippen LogP contribution in [0, 0.1) is 5.92 Å². The lowest BCUT2D eigenvalue weighted by atomic mass is 10.1. The molecule has 1 amide bonds. The van der Waals surface area contributed by atoms with Gasteiger partial charge in [-0.25, -0.2) is 0 Å². The lowest BCUT2D eigenvalue weighted by molar-refractivity contribution is -0.127. The molecular formula is C21H30N4O4. The highest BCUT2D eigenvalue weighted by Crippen LogP contribution is 2.41. The van der Waals surface area contributed by atoms with E-state index in [0.29, 0.717) is 29.6 Å². The number of carbonyl (C=O) groups excluding carboxylic acids is 1. The number of hydrogen-bond donors (Lipinski definition) is 1. The molecule has 0 bridgehead atoms. The molecule has 1 saturated heterocycles. The summed E-state index contributed by atoms with van der Waals surface area (Å²) in [6, 6.07) is 3.82. The molecule has 1 aliphatic heterocycles. The van der Waals surface area contributed by atoms with Crippen LogP contribution in [0.2, 0.25) is 0 Å². The maximum absolute atomic E-state index is 12.0. The first kappa shape index (κ1) is 21.0. The van der Waals surface area contributed by atoms with Crippen LogP contribution in [0.3, 0.4) is 0 Å². The van der Waals surface area contributed by atoms with Crippen molar-refractivity contribution < 1.29 is 19.0 Å². The van der Waals surface area contributed by atoms with Crippen molar-refractivity contribution in [2.45, 2.75) is 19.9 Å². The normalized spacial score (nSPS) is 16.6. The quantitative estimate of drug-likeness (QED) is 0.694. The van der Waals surface area contributed by atoms with Crippen LogP contribution >= 0.6 is 0 Å². The Morgan fingerprint density at radius 2 is 1.90 bits per heavy atom. The summed E-state index contributed by atoms with van der Waals surface area (Å²) >= 11 is 0. The summed E-state index contributed by atoms with van der Waals surface area (Å²) in [4.78, 5) is 16.2. The first-order valence-electron chi connectivity index (χ1n) is 9.79. The minimum atomic E-state index is 0.257. The van der Waals surface area contributed by atoms with E-state index in [-0.39, 0.29) is 5.91 Å². The number of hydrogen-bond acceptors (Lipinski definition) is 6. The topological polar surface area (TPSA) is 79.9 Å². The van der Waals surface area contributed by atoms with Gasteiger partial charge in [-0.1, -0.05) is 0 Å². The number of carbonyl (C=O) groups is 1. The van der Waals surface area contributed by atoms with E-state index in [9.17, 15) is 4.79 Å². The van der Waals surface area contributed by atoms with Crippen molar-refractivity contribution in [3.05, 3.63) is 23.9 Å². The first-order valence-corrected chi connectivity index (χ1v) is 9.79. The molecule has 0 saturated carbocycles. The highest BCUT2D eigenvalue weighted by molar-refractivity contribution is 5.78. The third-order valence-electron chi connectivity index (χ3n) is 5.36. The highest BCUT2D eigenvalue weighted by atomic mass is 16.5. The van der Waals surface area contributed by atoms with E-state index >= 15 is 0 Å². The Morgan fingerprint density at radius 1 is 1.21 bits per heavy atom. The van der Waals surface area contributed by atoms with Crippen LogP contribution in [0.15, 0.2) is 18.3 Å². The van der Waals surface area contributed by atoms with E-state index in [0.717, 1.165) is 43.0 Å². The molecule has 1 aromatic heterocycles. The summed E-state index contributed by atoms with van der Waals surface area (Å²) in [5.74, 6) is 2.37. The maximum atomic E-state index is 12.0. The van der Waals surface area contributed by atoms with Crippen molar-refractivity contribution in [2.24, 2.45) is 5.92 Å². The van der Waals surface area contributed by atoms with Gasteiger partial charge in [0.1, 0.15) is 0 Å². The standard InChI is InChI=1S/C21H30N4O4/c1-6-25-12-14(7-19(25)26)11-24(2)13-16-10-22-23-20(16)15-8-17(27-3)21(29-5)18(9-15)28-4/h8-10,14H,6-7,11-13H2,1-5H3,(H,22,23). The second-order valence-electron chi connectivity index (χ2n) is 7.38. The molecule has 1 atom stereocenters. The van der Waals surface area contributed by atoms with Crippen molar-refractivity contribution >= 4 is 5.91 Å². The zero-order valence-electron chi connectivity index (χ0n) is 17.8. The van der Waals surface area contributed by atoms with E-state index in [1.807, 2.05) is 30.2 Å². The average molecular weight is 402 g/mol. The fraction of sp³-hybridized carbons (Fsp3) is 0.524. The smallest absolute Gasteiger partial charge is 0.222 e. The highest BCUT2D eigenvalue weighted by Gasteiger charge is 2.29. The summed E-state index contributed by atoms with van der Waals surface area (Å²) in [5.41, 5.74) is 2.89. The van der Waals surface area contributed by atoms with Gasteiger partial charge in [-0.05, 0) is 32.0 Å². The summed E-state index contributed by atoms with van der Waals surface area (Å²) in [6.45, 7) is 5.23. The zero-order valence-corrected chi connectivity index (χ0v) is 17.8. The van der Waals surface area contributed by atoms with Crippen molar-refractivity contribution in [2.75, 3.05) is 48.0 Å². The molecule has 0 spiro atoms. The van der Waals surface area contributed by atoms with E-state index in [1.165, 1.54) is 0 Å². The molecule has 0 radical (unpaired) electrons. The number of amides is 1. The number of benzene rings is 1. The summed E-state index contributed by atoms with van der Waals surface area (Å²) < 4.78 is 16.4. The number of aromatic nitrogens is 2. The molecule has 1 aromatic carbocycles. The van der Waals surface area contributed by atoms with Gasteiger partial charge in [-0.3, -0.25) is 9.89 Å². The Bertz CT molecular complexity index is 826. The molecule has 1 N–H and O–H groups in total. The summed E-state index contributed by atoms with van der Waals surface area (Å²) in [7, 11) is 6.87. The summed E-state index contributed by atoms with van der Waals surface area (Å²) in [6.07, 6.45) is 2.47. The van der Waals surface area contributed by atoms with Crippen LogP contribution < -0.4 is 14.2 Å². The van der Waals surface area contributed by atoms with Gasteiger partial charge in [0.25, 0.3) is 0 Å². The maximum Gasteiger partial charge on any atom is 0.222 e. The van der Waals surface area contributed by atoms with Crippen LogP contribution in [0.4, 0.5) is 0 Å². The zero-order chi connectivity index (χ0) is 21.0. The van der Waals surface area contributed by atoms with Crippen molar-refractivity contribution in [1.82, 2.24) is 20.0 Å². The molecule has 1 aliphatic rings. The second kappa shape index (κ2) is 9.17. The molecule has 8 heteroatoms. The van der Waals surface area contributed by atoms with Gasteiger partial charge in [0, 0.05) is 43.7 Å². The van der Waals surface area contributed by atoms with Crippen molar-refractivity contribution in [3.8, 4) is 28.5 Å². The van der Waals surface area contributed by atoms with Gasteiger partial charge in [0.05, 0.1) is 33.2 Å². The third kappa shape index (κ3) is 4.48. The van der Waals surface area contributed by atoms with Crippen LogP contribution in [0.25, 0.3) is 11.3 Å². The molecule has 2 aromatic rings. The monoisotopic (exact) mass is 402 g/mol. The molecule has 158 valence electrons. The number of nitrogens with one attached hydrogen (secondary N) is 1. The predicted octanol–water partition coefficient (Wildman–Crippen LogP) is 2.40. The van der Waals surface area contributed by atoms with Crippen LogP contribution in [-0.2, 0) is 11.3 Å². The van der Waals surface area contributed by atoms with Gasteiger partial charge >= 0.3 is 0 Å². The second-order valence-corrected chi connectivity index (χ2v) is 7.38. The lowest BCUT2D eigenvalue weighted by Crippen LogP contribution is -2.28. The van der Waals surface area contributed by atoms with E-state index in [4.69, 9.17) is 14.2 Å². The average Bonchev–Trinajstić information content (AvgIpc) is 3.32. The Labute approximate surface area is 171 Å². The minimum absolute atomic E-state index is 0.257. The van der Waals surface area contributed by atoms with Crippen LogP contribution in [-0.4, -0.2) is 73.9 Å². The Hall–Kier alpha value is -2.74. The van der Waals surface area contributed by atoms with Gasteiger partial charge in [-0.15, -0.1) is 0 Å². The molecule has 3 rings (SSSR count). The minimum Gasteiger partial charge on any atom is -0.493 e. The van der Waals surface area contributed by atoms with Gasteiger partial charge in [-0.2, -0.15) is 5.10 Å². The number of likely N-dealkylation sites (tertiary alicyclic amines) is 1. The molecule has 8 nitrogen and oxygen atoms in total. The van der Waals surface area contributed by atoms with Gasteiger partial charge in [0.2, 0.25) is 11.7 Å². The Morgan fingerprint density at radius 3 is 2.45 bits per heavy atom. The molecule has 1 unspecified atom stereocenters. The van der Waals surface area contributed by atoms with E-state index in [1.54, 1.807) is 21.3 Å². The number of aromatic amines is 1. The van der Waals surface area contributed by atoms with Crippen LogP contribution in [0.1, 0.15) is 18.9 Å². The Kier molecular flexibility index (Phi) is 6.64. The fourth-order valence-corrected chi connectivity index (χ4v) is 3.98. The molecule has 2 heterocycles.